The second kappa shape index (κ2) is 14.7. The van der Waals surface area contributed by atoms with Gasteiger partial charge in [0.1, 0.15) is 11.5 Å². The van der Waals surface area contributed by atoms with E-state index in [0.717, 1.165) is 54.7 Å². The Morgan fingerprint density at radius 2 is 0.746 bits per heavy atom. The lowest BCUT2D eigenvalue weighted by molar-refractivity contribution is 0.131. The van der Waals surface area contributed by atoms with E-state index in [1.165, 1.54) is 0 Å². The molecule has 0 spiro atoms. The van der Waals surface area contributed by atoms with Gasteiger partial charge in [0.25, 0.3) is 0 Å². The van der Waals surface area contributed by atoms with Crippen LogP contribution in [0.25, 0.3) is 77.5 Å². The molecule has 0 fully saturated rings. The second-order valence-electron chi connectivity index (χ2n) is 14.9. The van der Waals surface area contributed by atoms with E-state index in [1.807, 2.05) is 156 Å². The third-order valence-electron chi connectivity index (χ3n) is 11.1. The van der Waals surface area contributed by atoms with E-state index in [2.05, 4.69) is 34.2 Å². The lowest BCUT2D eigenvalue weighted by atomic mass is 10.0. The van der Waals surface area contributed by atoms with E-state index in [-0.39, 0.29) is 23.7 Å². The van der Waals surface area contributed by atoms with Crippen LogP contribution < -0.4 is 9.47 Å². The number of rotatable bonds is 10. The molecule has 0 aliphatic rings. The zero-order chi connectivity index (χ0) is 40.0. The van der Waals surface area contributed by atoms with Crippen LogP contribution in [0.15, 0.2) is 170 Å². The first-order valence-electron chi connectivity index (χ1n) is 19.8. The zero-order valence-electron chi connectivity index (χ0n) is 32.5. The van der Waals surface area contributed by atoms with Crippen molar-refractivity contribution in [3.8, 4) is 56.9 Å². The van der Waals surface area contributed by atoms with Crippen molar-refractivity contribution in [2.75, 3.05) is 0 Å². The van der Waals surface area contributed by atoms with Crippen LogP contribution in [0.2, 0.25) is 0 Å². The number of hydrogen-bond acceptors (Lipinski definition) is 6. The molecule has 0 aliphatic heterocycles. The Balaban J connectivity index is 0.917. The quantitative estimate of drug-likeness (QED) is 0.144. The number of ether oxygens (including phenoxy) is 2. The maximum Gasteiger partial charge on any atom is 0.180 e. The Labute approximate surface area is 340 Å². The minimum Gasteiger partial charge on any atom is -0.504 e. The molecule has 8 nitrogen and oxygen atoms in total. The first-order valence-corrected chi connectivity index (χ1v) is 19.8. The number of benzene rings is 6. The first-order chi connectivity index (χ1) is 29.0. The predicted molar refractivity (Wildman–Crippen MR) is 236 cm³/mol. The number of hydrogen-bond donors (Lipinski definition) is 2. The Morgan fingerprint density at radius 3 is 1.12 bits per heavy atom. The average Bonchev–Trinajstić information content (AvgIpc) is 3.77. The minimum atomic E-state index is -0.254. The van der Waals surface area contributed by atoms with Gasteiger partial charge in [0, 0.05) is 62.6 Å². The van der Waals surface area contributed by atoms with E-state index in [1.54, 1.807) is 12.4 Å². The van der Waals surface area contributed by atoms with Gasteiger partial charge >= 0.3 is 0 Å². The summed E-state index contributed by atoms with van der Waals surface area (Å²) in [5.41, 5.74) is 6.61. The van der Waals surface area contributed by atoms with Crippen LogP contribution in [0.3, 0.4) is 0 Å². The van der Waals surface area contributed by atoms with Crippen molar-refractivity contribution in [2.24, 2.45) is 0 Å². The first kappa shape index (κ1) is 35.8. The number of para-hydroxylation sites is 6. The highest BCUT2D eigenvalue weighted by molar-refractivity contribution is 6.10. The number of pyridine rings is 2. The molecule has 0 saturated heterocycles. The zero-order valence-corrected chi connectivity index (χ0v) is 32.5. The summed E-state index contributed by atoms with van der Waals surface area (Å²) in [6.45, 7) is 4.04. The molecule has 8 heteroatoms. The Kier molecular flexibility index (Phi) is 8.94. The molecule has 2 N–H and O–H groups in total. The SMILES string of the molecule is C[C@@H](C[C@H](C)Oc1ccccc1-c1ccnc(-n2c3ccccc3c3ccccc32)c1O)Oc1ccccc1-c1ccnc(-n2c3ccccc3c3ccccc32)c1O. The maximum absolute atomic E-state index is 11.9. The van der Waals surface area contributed by atoms with Crippen molar-refractivity contribution in [3.63, 3.8) is 0 Å². The van der Waals surface area contributed by atoms with E-state index < -0.39 is 0 Å². The lowest BCUT2D eigenvalue weighted by Crippen LogP contribution is -2.23. The molecule has 0 radical (unpaired) electrons. The van der Waals surface area contributed by atoms with Crippen LogP contribution in [-0.2, 0) is 0 Å². The molecule has 0 amide bonds. The Bertz CT molecular complexity index is 2870. The molecular weight excluding hydrogens is 733 g/mol. The molecular formula is C51H40N4O4. The normalized spacial score (nSPS) is 12.6. The molecule has 0 bridgehead atoms. The summed E-state index contributed by atoms with van der Waals surface area (Å²) in [6, 6.07) is 51.8. The van der Waals surface area contributed by atoms with Gasteiger partial charge in [-0.2, -0.15) is 0 Å². The molecule has 4 aromatic heterocycles. The molecule has 0 saturated carbocycles. The van der Waals surface area contributed by atoms with Crippen molar-refractivity contribution in [3.05, 3.63) is 170 Å². The van der Waals surface area contributed by atoms with Crippen molar-refractivity contribution in [1.82, 2.24) is 19.1 Å². The van der Waals surface area contributed by atoms with Gasteiger partial charge in [0.15, 0.2) is 23.1 Å². The Morgan fingerprint density at radius 1 is 0.424 bits per heavy atom. The van der Waals surface area contributed by atoms with Crippen molar-refractivity contribution in [1.29, 1.82) is 0 Å². The summed E-state index contributed by atoms with van der Waals surface area (Å²) in [5, 5.41) is 28.2. The van der Waals surface area contributed by atoms with Crippen LogP contribution in [0.5, 0.6) is 23.0 Å². The van der Waals surface area contributed by atoms with E-state index >= 15 is 0 Å². The van der Waals surface area contributed by atoms with Gasteiger partial charge in [-0.1, -0.05) is 109 Å². The molecule has 59 heavy (non-hydrogen) atoms. The molecule has 0 aliphatic carbocycles. The summed E-state index contributed by atoms with van der Waals surface area (Å²) in [6.07, 6.45) is 3.51. The van der Waals surface area contributed by atoms with Gasteiger partial charge < -0.3 is 19.7 Å². The van der Waals surface area contributed by atoms with Gasteiger partial charge in [-0.05, 0) is 62.4 Å². The molecule has 10 aromatic rings. The van der Waals surface area contributed by atoms with Crippen LogP contribution in [0.4, 0.5) is 0 Å². The Hall–Kier alpha value is -7.58. The highest BCUT2D eigenvalue weighted by Gasteiger charge is 2.23. The summed E-state index contributed by atoms with van der Waals surface area (Å²) < 4.78 is 17.3. The van der Waals surface area contributed by atoms with Crippen LogP contribution >= 0.6 is 0 Å². The van der Waals surface area contributed by atoms with Gasteiger partial charge in [-0.25, -0.2) is 9.97 Å². The topological polar surface area (TPSA) is 94.6 Å². The fourth-order valence-electron chi connectivity index (χ4n) is 8.53. The predicted octanol–water partition coefficient (Wildman–Crippen LogP) is 12.0. The van der Waals surface area contributed by atoms with Crippen molar-refractivity contribution < 1.29 is 19.7 Å². The van der Waals surface area contributed by atoms with Gasteiger partial charge in [-0.15, -0.1) is 0 Å². The monoisotopic (exact) mass is 772 g/mol. The molecule has 2 atom stereocenters. The third-order valence-corrected chi connectivity index (χ3v) is 11.1. The largest absolute Gasteiger partial charge is 0.504 e. The van der Waals surface area contributed by atoms with Crippen LogP contribution in [0, 0.1) is 0 Å². The van der Waals surface area contributed by atoms with Gasteiger partial charge in [0.05, 0.1) is 34.3 Å². The number of aromatic nitrogens is 4. The van der Waals surface area contributed by atoms with Gasteiger partial charge in [0.2, 0.25) is 0 Å². The average molecular weight is 773 g/mol. The summed E-state index contributed by atoms with van der Waals surface area (Å²) >= 11 is 0. The van der Waals surface area contributed by atoms with Crippen molar-refractivity contribution in [2.45, 2.75) is 32.5 Å². The van der Waals surface area contributed by atoms with Crippen LogP contribution in [0.1, 0.15) is 20.3 Å². The summed E-state index contributed by atoms with van der Waals surface area (Å²) in [7, 11) is 0. The summed E-state index contributed by atoms with van der Waals surface area (Å²) in [5.74, 6) is 2.31. The fraction of sp³-hybridized carbons (Fsp3) is 0.0980. The van der Waals surface area contributed by atoms with E-state index in [9.17, 15) is 10.2 Å². The smallest absolute Gasteiger partial charge is 0.180 e. The maximum atomic E-state index is 11.9. The molecule has 0 unspecified atom stereocenters. The minimum absolute atomic E-state index is 0.0664. The number of aromatic hydroxyl groups is 2. The van der Waals surface area contributed by atoms with Gasteiger partial charge in [-0.3, -0.25) is 9.13 Å². The molecule has 6 aromatic carbocycles. The molecule has 4 heterocycles. The van der Waals surface area contributed by atoms with Crippen molar-refractivity contribution >= 4 is 43.6 Å². The standard InChI is InChI=1S/C51H40N4O4/c1-32(58-46-25-13-7-19-38(46)40-27-29-52-50(48(40)56)54-42-21-9-3-15-34(42)35-16-4-10-22-43(35)54)31-33(2)59-47-26-14-8-20-39(47)41-28-30-53-51(49(41)57)55-44-23-11-5-17-36(44)37-18-6-12-24-45(37)55/h3-30,32-33,56-57H,31H2,1-2H3/t32-,33-/m0/s1. The highest BCUT2D eigenvalue weighted by atomic mass is 16.5. The van der Waals surface area contributed by atoms with E-state index in [0.29, 0.717) is 40.7 Å². The fourth-order valence-corrected chi connectivity index (χ4v) is 8.53. The summed E-state index contributed by atoms with van der Waals surface area (Å²) in [4.78, 5) is 9.38. The molecule has 10 rings (SSSR count). The number of fused-ring (bicyclic) bond motifs is 6. The number of nitrogens with zero attached hydrogens (tertiary/aromatic N) is 4. The lowest BCUT2D eigenvalue weighted by Gasteiger charge is -2.23. The van der Waals surface area contributed by atoms with E-state index in [4.69, 9.17) is 9.47 Å². The molecule has 288 valence electrons. The third kappa shape index (κ3) is 6.17. The van der Waals surface area contributed by atoms with Crippen LogP contribution in [-0.4, -0.2) is 41.5 Å². The second-order valence-corrected chi connectivity index (χ2v) is 14.9. The highest BCUT2D eigenvalue weighted by Crippen LogP contribution is 2.43.